The zero-order valence-corrected chi connectivity index (χ0v) is 13.7. The SMILES string of the molecule is Cc1ccc(N)c(C)c1S(=O)(=O)NCC1(C)CCOCC1. The second kappa shape index (κ2) is 5.94. The van der Waals surface area contributed by atoms with Gasteiger partial charge in [0.15, 0.2) is 0 Å². The Morgan fingerprint density at radius 1 is 1.29 bits per heavy atom. The normalized spacial score (nSPS) is 18.6. The molecule has 0 radical (unpaired) electrons. The van der Waals surface area contributed by atoms with Gasteiger partial charge in [-0.15, -0.1) is 0 Å². The standard InChI is InChI=1S/C15H24N2O3S/c1-11-4-5-13(16)12(2)14(11)21(18,19)17-10-15(3)6-8-20-9-7-15/h4-5,17H,6-10,16H2,1-3H3. The highest BCUT2D eigenvalue weighted by atomic mass is 32.2. The lowest BCUT2D eigenvalue weighted by Crippen LogP contribution is -2.39. The van der Waals surface area contributed by atoms with Crippen LogP contribution in [0.25, 0.3) is 0 Å². The molecular formula is C15H24N2O3S. The van der Waals surface area contributed by atoms with Gasteiger partial charge in [-0.2, -0.15) is 0 Å². The molecule has 1 saturated heterocycles. The quantitative estimate of drug-likeness (QED) is 0.833. The van der Waals surface area contributed by atoms with E-state index >= 15 is 0 Å². The molecule has 21 heavy (non-hydrogen) atoms. The monoisotopic (exact) mass is 312 g/mol. The molecule has 0 atom stereocenters. The first kappa shape index (κ1) is 16.3. The fourth-order valence-corrected chi connectivity index (χ4v) is 4.33. The lowest BCUT2D eigenvalue weighted by atomic mass is 9.83. The van der Waals surface area contributed by atoms with E-state index in [1.165, 1.54) is 0 Å². The van der Waals surface area contributed by atoms with Gasteiger partial charge in [0.25, 0.3) is 0 Å². The summed E-state index contributed by atoms with van der Waals surface area (Å²) >= 11 is 0. The lowest BCUT2D eigenvalue weighted by molar-refractivity contribution is 0.0264. The molecule has 2 rings (SSSR count). The molecule has 1 aromatic rings. The summed E-state index contributed by atoms with van der Waals surface area (Å²) in [7, 11) is -3.55. The van der Waals surface area contributed by atoms with E-state index in [9.17, 15) is 8.42 Å². The van der Waals surface area contributed by atoms with Gasteiger partial charge in [0, 0.05) is 25.4 Å². The minimum absolute atomic E-state index is 0.0482. The maximum atomic E-state index is 12.6. The number of ether oxygens (including phenoxy) is 1. The van der Waals surface area contributed by atoms with Crippen LogP contribution in [0.15, 0.2) is 17.0 Å². The third-order valence-corrected chi connectivity index (χ3v) is 5.99. The van der Waals surface area contributed by atoms with Crippen molar-refractivity contribution in [2.75, 3.05) is 25.5 Å². The maximum absolute atomic E-state index is 12.6. The minimum Gasteiger partial charge on any atom is -0.398 e. The molecule has 1 aliphatic heterocycles. The summed E-state index contributed by atoms with van der Waals surface area (Å²) in [4.78, 5) is 0.304. The molecule has 1 aromatic carbocycles. The topological polar surface area (TPSA) is 81.4 Å². The zero-order valence-electron chi connectivity index (χ0n) is 12.9. The largest absolute Gasteiger partial charge is 0.398 e. The number of hydrogen-bond donors (Lipinski definition) is 2. The summed E-state index contributed by atoms with van der Waals surface area (Å²) < 4.78 is 33.3. The van der Waals surface area contributed by atoms with E-state index < -0.39 is 10.0 Å². The number of sulfonamides is 1. The van der Waals surface area contributed by atoms with Crippen LogP contribution in [0.4, 0.5) is 5.69 Å². The van der Waals surface area contributed by atoms with Gasteiger partial charge in [-0.1, -0.05) is 13.0 Å². The molecule has 1 heterocycles. The number of nitrogens with two attached hydrogens (primary N) is 1. The van der Waals surface area contributed by atoms with Crippen LogP contribution in [0.1, 0.15) is 30.9 Å². The molecular weight excluding hydrogens is 288 g/mol. The van der Waals surface area contributed by atoms with Crippen molar-refractivity contribution in [3.63, 3.8) is 0 Å². The van der Waals surface area contributed by atoms with E-state index in [-0.39, 0.29) is 5.41 Å². The van der Waals surface area contributed by atoms with Crippen molar-refractivity contribution in [1.82, 2.24) is 4.72 Å². The zero-order chi connectivity index (χ0) is 15.7. The van der Waals surface area contributed by atoms with Crippen LogP contribution >= 0.6 is 0 Å². The molecule has 0 amide bonds. The smallest absolute Gasteiger partial charge is 0.241 e. The minimum atomic E-state index is -3.55. The van der Waals surface area contributed by atoms with Gasteiger partial charge in [-0.25, -0.2) is 13.1 Å². The first-order valence-electron chi connectivity index (χ1n) is 7.18. The fourth-order valence-electron chi connectivity index (χ4n) is 2.64. The first-order valence-corrected chi connectivity index (χ1v) is 8.67. The molecule has 0 aliphatic carbocycles. The Morgan fingerprint density at radius 3 is 2.52 bits per heavy atom. The molecule has 5 nitrogen and oxygen atoms in total. The predicted octanol–water partition coefficient (Wildman–Crippen LogP) is 1.98. The van der Waals surface area contributed by atoms with Crippen molar-refractivity contribution >= 4 is 15.7 Å². The Hall–Kier alpha value is -1.11. The van der Waals surface area contributed by atoms with Crippen LogP contribution < -0.4 is 10.5 Å². The fraction of sp³-hybridized carbons (Fsp3) is 0.600. The molecule has 118 valence electrons. The average Bonchev–Trinajstić information content (AvgIpc) is 2.42. The van der Waals surface area contributed by atoms with Crippen LogP contribution in [0.2, 0.25) is 0 Å². The van der Waals surface area contributed by atoms with Gasteiger partial charge in [0.1, 0.15) is 0 Å². The molecule has 0 aromatic heterocycles. The van der Waals surface area contributed by atoms with Gasteiger partial charge in [0.05, 0.1) is 4.90 Å². The number of nitrogen functional groups attached to an aromatic ring is 1. The Labute approximate surface area is 126 Å². The van der Waals surface area contributed by atoms with E-state index in [1.807, 2.05) is 0 Å². The molecule has 3 N–H and O–H groups in total. The van der Waals surface area contributed by atoms with Crippen molar-refractivity contribution in [1.29, 1.82) is 0 Å². The second-order valence-corrected chi connectivity index (χ2v) is 7.88. The second-order valence-electron chi connectivity index (χ2n) is 6.17. The average molecular weight is 312 g/mol. The van der Waals surface area contributed by atoms with E-state index in [2.05, 4.69) is 11.6 Å². The summed E-state index contributed by atoms with van der Waals surface area (Å²) in [5.74, 6) is 0. The molecule has 0 unspecified atom stereocenters. The molecule has 1 aliphatic rings. The van der Waals surface area contributed by atoms with Crippen LogP contribution in [-0.4, -0.2) is 28.2 Å². The number of aryl methyl sites for hydroxylation is 1. The number of nitrogens with one attached hydrogen (secondary N) is 1. The third-order valence-electron chi connectivity index (χ3n) is 4.30. The molecule has 1 fully saturated rings. The van der Waals surface area contributed by atoms with Gasteiger partial charge in [-0.3, -0.25) is 0 Å². The summed E-state index contributed by atoms with van der Waals surface area (Å²) in [5, 5.41) is 0. The Kier molecular flexibility index (Phi) is 4.60. The number of rotatable bonds is 4. The van der Waals surface area contributed by atoms with Crippen molar-refractivity contribution in [3.8, 4) is 0 Å². The highest BCUT2D eigenvalue weighted by Crippen LogP contribution is 2.30. The Bertz CT molecular complexity index is 620. The van der Waals surface area contributed by atoms with E-state index in [4.69, 9.17) is 10.5 Å². The van der Waals surface area contributed by atoms with Crippen molar-refractivity contribution in [2.45, 2.75) is 38.5 Å². The van der Waals surface area contributed by atoms with Gasteiger partial charge in [0.2, 0.25) is 10.0 Å². The van der Waals surface area contributed by atoms with Crippen LogP contribution in [0.3, 0.4) is 0 Å². The van der Waals surface area contributed by atoms with Gasteiger partial charge in [-0.05, 0) is 49.3 Å². The van der Waals surface area contributed by atoms with Crippen molar-refractivity contribution in [2.24, 2.45) is 5.41 Å². The predicted molar refractivity (Wildman–Crippen MR) is 83.7 cm³/mol. The van der Waals surface area contributed by atoms with Crippen LogP contribution in [0, 0.1) is 19.3 Å². The molecule has 0 spiro atoms. The summed E-state index contributed by atoms with van der Waals surface area (Å²) in [6.07, 6.45) is 1.73. The summed E-state index contributed by atoms with van der Waals surface area (Å²) in [6, 6.07) is 3.48. The van der Waals surface area contributed by atoms with E-state index in [0.717, 1.165) is 12.8 Å². The van der Waals surface area contributed by atoms with Crippen LogP contribution in [-0.2, 0) is 14.8 Å². The van der Waals surface area contributed by atoms with Crippen molar-refractivity contribution in [3.05, 3.63) is 23.3 Å². The van der Waals surface area contributed by atoms with E-state index in [0.29, 0.717) is 41.5 Å². The number of benzene rings is 1. The maximum Gasteiger partial charge on any atom is 0.241 e. The highest BCUT2D eigenvalue weighted by molar-refractivity contribution is 7.89. The van der Waals surface area contributed by atoms with Gasteiger partial charge < -0.3 is 10.5 Å². The Balaban J connectivity index is 2.21. The summed E-state index contributed by atoms with van der Waals surface area (Å²) in [6.45, 7) is 7.43. The van der Waals surface area contributed by atoms with Gasteiger partial charge >= 0.3 is 0 Å². The molecule has 0 bridgehead atoms. The van der Waals surface area contributed by atoms with Crippen molar-refractivity contribution < 1.29 is 13.2 Å². The molecule has 6 heteroatoms. The highest BCUT2D eigenvalue weighted by Gasteiger charge is 2.30. The number of hydrogen-bond acceptors (Lipinski definition) is 4. The molecule has 0 saturated carbocycles. The summed E-state index contributed by atoms with van der Waals surface area (Å²) in [5.41, 5.74) is 7.62. The third kappa shape index (κ3) is 3.56. The lowest BCUT2D eigenvalue weighted by Gasteiger charge is -2.33. The van der Waals surface area contributed by atoms with Crippen LogP contribution in [0.5, 0.6) is 0 Å². The Morgan fingerprint density at radius 2 is 1.90 bits per heavy atom. The number of anilines is 1. The first-order chi connectivity index (χ1) is 9.75. The van der Waals surface area contributed by atoms with E-state index in [1.54, 1.807) is 26.0 Å².